The summed E-state index contributed by atoms with van der Waals surface area (Å²) in [7, 11) is 1.50. The first-order chi connectivity index (χ1) is 7.16. The van der Waals surface area contributed by atoms with Crippen LogP contribution in [0.4, 0.5) is 0 Å². The van der Waals surface area contributed by atoms with Gasteiger partial charge in [-0.3, -0.25) is 9.36 Å². The number of nitrogens with zero attached hydrogens (tertiary/aromatic N) is 1. The fraction of sp³-hybridized carbons (Fsp3) is 0.667. The lowest BCUT2D eigenvalue weighted by atomic mass is 9.84. The first kappa shape index (κ1) is 12.7. The monoisotopic (exact) mass is 224 g/mol. The van der Waals surface area contributed by atoms with E-state index in [9.17, 15) is 9.59 Å². The second-order valence-electron chi connectivity index (χ2n) is 5.49. The number of aromatic amines is 1. The topological polar surface area (TPSA) is 54.9 Å². The van der Waals surface area contributed by atoms with Gasteiger partial charge in [0.15, 0.2) is 0 Å². The van der Waals surface area contributed by atoms with Crippen LogP contribution < -0.4 is 11.2 Å². The van der Waals surface area contributed by atoms with Crippen molar-refractivity contribution in [3.63, 3.8) is 0 Å². The molecule has 1 aromatic heterocycles. The van der Waals surface area contributed by atoms with Gasteiger partial charge < -0.3 is 4.98 Å². The van der Waals surface area contributed by atoms with Crippen LogP contribution in [0.1, 0.15) is 51.8 Å². The van der Waals surface area contributed by atoms with E-state index in [1.165, 1.54) is 7.05 Å². The van der Waals surface area contributed by atoms with Crippen LogP contribution in [-0.2, 0) is 12.5 Å². The maximum atomic E-state index is 12.1. The summed E-state index contributed by atoms with van der Waals surface area (Å²) in [4.78, 5) is 26.5. The van der Waals surface area contributed by atoms with Gasteiger partial charge in [-0.05, 0) is 11.3 Å². The van der Waals surface area contributed by atoms with E-state index >= 15 is 0 Å². The van der Waals surface area contributed by atoms with Gasteiger partial charge in [0, 0.05) is 18.3 Å². The van der Waals surface area contributed by atoms with Crippen molar-refractivity contribution >= 4 is 0 Å². The van der Waals surface area contributed by atoms with E-state index in [0.717, 1.165) is 10.3 Å². The molecule has 0 aliphatic carbocycles. The quantitative estimate of drug-likeness (QED) is 0.785. The van der Waals surface area contributed by atoms with E-state index < -0.39 is 0 Å². The molecule has 0 aliphatic rings. The molecule has 1 aromatic rings. The highest BCUT2D eigenvalue weighted by atomic mass is 16.2. The standard InChI is InChI=1S/C12H20N2O2/c1-7(2)9-8(12(3,4)5)10(15)14(6)11(16)13-9/h7H,1-6H3,(H,13,16). The maximum absolute atomic E-state index is 12.1. The molecule has 0 aromatic carbocycles. The molecule has 0 fully saturated rings. The minimum atomic E-state index is -0.346. The third kappa shape index (κ3) is 2.10. The minimum absolute atomic E-state index is 0.135. The third-order valence-corrected chi connectivity index (χ3v) is 2.66. The number of hydrogen-bond acceptors (Lipinski definition) is 2. The second kappa shape index (κ2) is 3.92. The molecular weight excluding hydrogens is 204 g/mol. The average Bonchev–Trinajstić information content (AvgIpc) is 2.10. The Morgan fingerprint density at radius 3 is 2.06 bits per heavy atom. The van der Waals surface area contributed by atoms with E-state index in [2.05, 4.69) is 4.98 Å². The van der Waals surface area contributed by atoms with Crippen molar-refractivity contribution in [1.82, 2.24) is 9.55 Å². The zero-order valence-electron chi connectivity index (χ0n) is 10.8. The Kier molecular flexibility index (Phi) is 3.13. The zero-order valence-corrected chi connectivity index (χ0v) is 10.8. The molecule has 1 heterocycles. The summed E-state index contributed by atoms with van der Waals surface area (Å²) in [5.74, 6) is 0.135. The predicted molar refractivity (Wildman–Crippen MR) is 65.1 cm³/mol. The lowest BCUT2D eigenvalue weighted by molar-refractivity contribution is 0.543. The molecule has 0 spiro atoms. The smallest absolute Gasteiger partial charge is 0.310 e. The van der Waals surface area contributed by atoms with Crippen molar-refractivity contribution in [2.45, 2.75) is 46.0 Å². The SMILES string of the molecule is CC(C)c1[nH]c(=O)n(C)c(=O)c1C(C)(C)C. The van der Waals surface area contributed by atoms with Gasteiger partial charge in [-0.25, -0.2) is 4.79 Å². The highest BCUT2D eigenvalue weighted by Gasteiger charge is 2.25. The van der Waals surface area contributed by atoms with Gasteiger partial charge in [-0.2, -0.15) is 0 Å². The molecule has 0 radical (unpaired) electrons. The first-order valence-corrected chi connectivity index (χ1v) is 5.50. The molecule has 0 saturated heterocycles. The normalized spacial score (nSPS) is 12.2. The highest BCUT2D eigenvalue weighted by molar-refractivity contribution is 5.27. The average molecular weight is 224 g/mol. The van der Waals surface area contributed by atoms with Gasteiger partial charge in [-0.1, -0.05) is 34.6 Å². The summed E-state index contributed by atoms with van der Waals surface area (Å²) < 4.78 is 1.13. The summed E-state index contributed by atoms with van der Waals surface area (Å²) in [5, 5.41) is 0. The Labute approximate surface area is 95.3 Å². The third-order valence-electron chi connectivity index (χ3n) is 2.66. The lowest BCUT2D eigenvalue weighted by Crippen LogP contribution is -2.40. The molecule has 0 saturated carbocycles. The number of hydrogen-bond donors (Lipinski definition) is 1. The van der Waals surface area contributed by atoms with Crippen molar-refractivity contribution in [3.05, 3.63) is 32.1 Å². The van der Waals surface area contributed by atoms with E-state index in [1.807, 2.05) is 34.6 Å². The number of rotatable bonds is 1. The zero-order chi connectivity index (χ0) is 12.7. The molecule has 90 valence electrons. The summed E-state index contributed by atoms with van der Waals surface area (Å²) in [6, 6.07) is 0. The van der Waals surface area contributed by atoms with Gasteiger partial charge in [0.2, 0.25) is 0 Å². The highest BCUT2D eigenvalue weighted by Crippen LogP contribution is 2.25. The van der Waals surface area contributed by atoms with Crippen LogP contribution in [-0.4, -0.2) is 9.55 Å². The van der Waals surface area contributed by atoms with Crippen LogP contribution in [0.2, 0.25) is 0 Å². The molecule has 0 amide bonds. The molecule has 16 heavy (non-hydrogen) atoms. The van der Waals surface area contributed by atoms with Crippen LogP contribution >= 0.6 is 0 Å². The van der Waals surface area contributed by atoms with E-state index in [1.54, 1.807) is 0 Å². The van der Waals surface area contributed by atoms with Crippen molar-refractivity contribution in [2.75, 3.05) is 0 Å². The molecule has 0 aliphatic heterocycles. The predicted octanol–water partition coefficient (Wildman–Crippen LogP) is 1.49. The van der Waals surface area contributed by atoms with Gasteiger partial charge in [-0.15, -0.1) is 0 Å². The van der Waals surface area contributed by atoms with Crippen LogP contribution in [0.3, 0.4) is 0 Å². The molecule has 4 nitrogen and oxygen atoms in total. The molecule has 0 bridgehead atoms. The van der Waals surface area contributed by atoms with Crippen molar-refractivity contribution in [3.8, 4) is 0 Å². The Morgan fingerprint density at radius 2 is 1.69 bits per heavy atom. The molecule has 0 atom stereocenters. The lowest BCUT2D eigenvalue weighted by Gasteiger charge is -2.23. The largest absolute Gasteiger partial charge is 0.328 e. The Morgan fingerprint density at radius 1 is 1.19 bits per heavy atom. The van der Waals surface area contributed by atoms with Crippen LogP contribution in [0.5, 0.6) is 0 Å². The molecule has 0 unspecified atom stereocenters. The van der Waals surface area contributed by atoms with Gasteiger partial charge >= 0.3 is 5.69 Å². The summed E-state index contributed by atoms with van der Waals surface area (Å²) in [6.45, 7) is 9.88. The Balaban J connectivity index is 3.76. The second-order valence-corrected chi connectivity index (χ2v) is 5.49. The van der Waals surface area contributed by atoms with Gasteiger partial charge in [0.05, 0.1) is 0 Å². The van der Waals surface area contributed by atoms with Crippen molar-refractivity contribution in [2.24, 2.45) is 7.05 Å². The number of H-pyrrole nitrogens is 1. The summed E-state index contributed by atoms with van der Waals surface area (Å²) in [6.07, 6.45) is 0. The summed E-state index contributed by atoms with van der Waals surface area (Å²) in [5.41, 5.74) is 0.644. The first-order valence-electron chi connectivity index (χ1n) is 5.50. The van der Waals surface area contributed by atoms with Gasteiger partial charge in [0.25, 0.3) is 5.56 Å². The van der Waals surface area contributed by atoms with Crippen LogP contribution in [0.15, 0.2) is 9.59 Å². The maximum Gasteiger partial charge on any atom is 0.328 e. The summed E-state index contributed by atoms with van der Waals surface area (Å²) >= 11 is 0. The molecule has 1 N–H and O–H groups in total. The molecule has 1 rings (SSSR count). The van der Waals surface area contributed by atoms with Crippen molar-refractivity contribution < 1.29 is 0 Å². The van der Waals surface area contributed by atoms with Gasteiger partial charge in [0.1, 0.15) is 0 Å². The number of nitrogens with one attached hydrogen (secondary N) is 1. The fourth-order valence-electron chi connectivity index (χ4n) is 1.79. The van der Waals surface area contributed by atoms with Crippen LogP contribution in [0.25, 0.3) is 0 Å². The Hall–Kier alpha value is -1.32. The minimum Gasteiger partial charge on any atom is -0.310 e. The van der Waals surface area contributed by atoms with Crippen molar-refractivity contribution in [1.29, 1.82) is 0 Å². The Bertz CT molecular complexity index is 501. The number of aromatic nitrogens is 2. The van der Waals surface area contributed by atoms with Crippen LogP contribution in [0, 0.1) is 0 Å². The van der Waals surface area contributed by atoms with E-state index in [-0.39, 0.29) is 22.6 Å². The molecular formula is C12H20N2O2. The molecule has 4 heteroatoms. The van der Waals surface area contributed by atoms with E-state index in [4.69, 9.17) is 0 Å². The van der Waals surface area contributed by atoms with E-state index in [0.29, 0.717) is 5.56 Å². The fourth-order valence-corrected chi connectivity index (χ4v) is 1.79.